The largest absolute Gasteiger partial charge is 0.481 e. The molecule has 2 aliphatic heterocycles. The molecule has 3 aliphatic rings. The lowest BCUT2D eigenvalue weighted by Crippen LogP contribution is -2.70. The number of aliphatic carboxylic acids is 1. The zero-order valence-electron chi connectivity index (χ0n) is 10.8. The summed E-state index contributed by atoms with van der Waals surface area (Å²) in [6, 6.07) is -0.264. The number of hydrogen-bond acceptors (Lipinski definition) is 4. The van der Waals surface area contributed by atoms with Crippen LogP contribution in [0.4, 0.5) is 0 Å². The van der Waals surface area contributed by atoms with Crippen molar-refractivity contribution >= 4 is 11.8 Å². The number of carbonyl (C=O) groups is 2. The van der Waals surface area contributed by atoms with Gasteiger partial charge in [0.2, 0.25) is 0 Å². The first-order valence-electron chi connectivity index (χ1n) is 6.59. The molecule has 3 unspecified atom stereocenters. The molecule has 3 fully saturated rings. The van der Waals surface area contributed by atoms with Crippen LogP contribution in [0.1, 0.15) is 20.3 Å². The highest BCUT2D eigenvalue weighted by Gasteiger charge is 2.63. The van der Waals surface area contributed by atoms with Crippen molar-refractivity contribution in [2.24, 2.45) is 22.7 Å². The number of nitrogens with one attached hydrogen (secondary N) is 2. The first kappa shape index (κ1) is 12.1. The van der Waals surface area contributed by atoms with E-state index in [0.29, 0.717) is 19.6 Å². The Balaban J connectivity index is 1.79. The molecule has 0 aromatic rings. The summed E-state index contributed by atoms with van der Waals surface area (Å²) in [5.74, 6) is -0.882. The molecular formula is C13H20N2O3. The maximum Gasteiger partial charge on any atom is 0.308 e. The molecule has 5 nitrogen and oxygen atoms in total. The molecule has 0 aromatic heterocycles. The van der Waals surface area contributed by atoms with Gasteiger partial charge in [0.1, 0.15) is 0 Å². The van der Waals surface area contributed by atoms with E-state index in [0.717, 1.165) is 6.42 Å². The third-order valence-electron chi connectivity index (χ3n) is 5.15. The topological polar surface area (TPSA) is 78.4 Å². The Bertz CT molecular complexity index is 420. The molecule has 4 atom stereocenters. The van der Waals surface area contributed by atoms with Crippen LogP contribution in [0.15, 0.2) is 0 Å². The Hall–Kier alpha value is -0.940. The molecule has 1 saturated carbocycles. The Morgan fingerprint density at radius 2 is 1.89 bits per heavy atom. The van der Waals surface area contributed by atoms with Crippen molar-refractivity contribution in [3.63, 3.8) is 0 Å². The maximum atomic E-state index is 12.4. The Morgan fingerprint density at radius 3 is 2.33 bits per heavy atom. The molecule has 18 heavy (non-hydrogen) atoms. The predicted octanol–water partition coefficient (Wildman–Crippen LogP) is -0.136. The van der Waals surface area contributed by atoms with Crippen LogP contribution < -0.4 is 10.6 Å². The number of carbonyl (C=O) groups excluding carboxylic acids is 1. The molecule has 0 radical (unpaired) electrons. The Labute approximate surface area is 106 Å². The van der Waals surface area contributed by atoms with Gasteiger partial charge < -0.3 is 15.7 Å². The molecule has 0 bridgehead atoms. The van der Waals surface area contributed by atoms with Crippen LogP contribution in [-0.4, -0.2) is 42.5 Å². The van der Waals surface area contributed by atoms with Crippen LogP contribution in [0, 0.1) is 22.7 Å². The Morgan fingerprint density at radius 1 is 1.22 bits per heavy atom. The minimum Gasteiger partial charge on any atom is -0.481 e. The van der Waals surface area contributed by atoms with Gasteiger partial charge in [0.25, 0.3) is 0 Å². The van der Waals surface area contributed by atoms with Crippen molar-refractivity contribution in [2.75, 3.05) is 19.6 Å². The number of carboxylic acid groups (broad SMARTS) is 1. The lowest BCUT2D eigenvalue weighted by molar-refractivity contribution is -0.150. The van der Waals surface area contributed by atoms with Gasteiger partial charge in [-0.25, -0.2) is 0 Å². The third-order valence-corrected chi connectivity index (χ3v) is 5.15. The third kappa shape index (κ3) is 1.47. The molecule has 0 aromatic carbocycles. The highest BCUT2D eigenvalue weighted by Crippen LogP contribution is 2.55. The fourth-order valence-electron chi connectivity index (χ4n) is 3.60. The molecule has 1 aliphatic carbocycles. The minimum absolute atomic E-state index is 0.111. The normalized spacial score (nSPS) is 44.7. The van der Waals surface area contributed by atoms with Crippen LogP contribution in [-0.2, 0) is 9.59 Å². The van der Waals surface area contributed by atoms with Gasteiger partial charge in [0.15, 0.2) is 5.78 Å². The number of Topliss-reactive ketones (excluding diaryl/α,β-unsaturated/α-hetero) is 1. The standard InChI is InChI=1S/C13H20N2O3/c1-12(2)3-7(12)9(16)10-13(6-15-10)5-14-4-8(13)11(17)18/h7-8,10,14-15H,3-6H2,1-2H3,(H,17,18)/t7-,8?,10?,13?/m1/s1. The Kier molecular flexibility index (Phi) is 2.38. The van der Waals surface area contributed by atoms with E-state index >= 15 is 0 Å². The lowest BCUT2D eigenvalue weighted by Gasteiger charge is -2.49. The van der Waals surface area contributed by atoms with Crippen LogP contribution in [0.3, 0.4) is 0 Å². The van der Waals surface area contributed by atoms with E-state index in [1.165, 1.54) is 0 Å². The van der Waals surface area contributed by atoms with Crippen LogP contribution in [0.2, 0.25) is 0 Å². The van der Waals surface area contributed by atoms with Crippen molar-refractivity contribution in [3.05, 3.63) is 0 Å². The molecule has 1 spiro atoms. The van der Waals surface area contributed by atoms with E-state index in [9.17, 15) is 14.7 Å². The average Bonchev–Trinajstić information content (AvgIpc) is 2.75. The number of ketones is 1. The van der Waals surface area contributed by atoms with E-state index < -0.39 is 11.9 Å². The molecule has 3 rings (SSSR count). The fourth-order valence-corrected chi connectivity index (χ4v) is 3.60. The van der Waals surface area contributed by atoms with Gasteiger partial charge in [-0.3, -0.25) is 9.59 Å². The smallest absolute Gasteiger partial charge is 0.308 e. The van der Waals surface area contributed by atoms with E-state index in [1.54, 1.807) is 0 Å². The summed E-state index contributed by atoms with van der Waals surface area (Å²) in [5.41, 5.74) is -0.276. The number of carboxylic acids is 1. The van der Waals surface area contributed by atoms with E-state index in [2.05, 4.69) is 24.5 Å². The second-order valence-corrected chi connectivity index (χ2v) is 6.72. The van der Waals surface area contributed by atoms with Crippen molar-refractivity contribution in [2.45, 2.75) is 26.3 Å². The van der Waals surface area contributed by atoms with Gasteiger partial charge in [-0.2, -0.15) is 0 Å². The summed E-state index contributed by atoms with van der Waals surface area (Å²) in [6.07, 6.45) is 0.936. The van der Waals surface area contributed by atoms with E-state index in [1.807, 2.05) is 0 Å². The summed E-state index contributed by atoms with van der Waals surface area (Å²) in [5, 5.41) is 15.6. The van der Waals surface area contributed by atoms with Crippen molar-refractivity contribution in [3.8, 4) is 0 Å². The van der Waals surface area contributed by atoms with E-state index in [-0.39, 0.29) is 28.6 Å². The fraction of sp³-hybridized carbons (Fsp3) is 0.846. The van der Waals surface area contributed by atoms with Crippen molar-refractivity contribution in [1.82, 2.24) is 10.6 Å². The monoisotopic (exact) mass is 252 g/mol. The molecule has 3 N–H and O–H groups in total. The molecule has 2 saturated heterocycles. The lowest BCUT2D eigenvalue weighted by atomic mass is 9.64. The van der Waals surface area contributed by atoms with Crippen LogP contribution >= 0.6 is 0 Å². The minimum atomic E-state index is -0.783. The molecule has 100 valence electrons. The maximum absolute atomic E-state index is 12.4. The molecular weight excluding hydrogens is 232 g/mol. The zero-order chi connectivity index (χ0) is 13.1. The zero-order valence-corrected chi connectivity index (χ0v) is 10.8. The number of hydrogen-bond donors (Lipinski definition) is 3. The highest BCUT2D eigenvalue weighted by atomic mass is 16.4. The van der Waals surface area contributed by atoms with Gasteiger partial charge in [-0.1, -0.05) is 13.8 Å². The van der Waals surface area contributed by atoms with Crippen LogP contribution in [0.5, 0.6) is 0 Å². The SMILES string of the molecule is CC1(C)C[C@@H]1C(=O)C1NCC12CNCC2C(=O)O. The second-order valence-electron chi connectivity index (χ2n) is 6.72. The predicted molar refractivity (Wildman–Crippen MR) is 65.1 cm³/mol. The summed E-state index contributed by atoms with van der Waals surface area (Å²) in [7, 11) is 0. The summed E-state index contributed by atoms with van der Waals surface area (Å²) in [4.78, 5) is 23.8. The number of rotatable bonds is 3. The summed E-state index contributed by atoms with van der Waals surface area (Å²) in [6.45, 7) is 5.96. The van der Waals surface area contributed by atoms with Gasteiger partial charge in [-0.15, -0.1) is 0 Å². The highest BCUT2D eigenvalue weighted by molar-refractivity contribution is 5.92. The van der Waals surface area contributed by atoms with Crippen molar-refractivity contribution in [1.29, 1.82) is 0 Å². The first-order valence-corrected chi connectivity index (χ1v) is 6.59. The second kappa shape index (κ2) is 3.54. The molecule has 0 amide bonds. The van der Waals surface area contributed by atoms with Gasteiger partial charge >= 0.3 is 5.97 Å². The van der Waals surface area contributed by atoms with Gasteiger partial charge in [0.05, 0.1) is 12.0 Å². The average molecular weight is 252 g/mol. The molecule has 2 heterocycles. The first-order chi connectivity index (χ1) is 8.38. The quantitative estimate of drug-likeness (QED) is 0.652. The van der Waals surface area contributed by atoms with Gasteiger partial charge in [-0.05, 0) is 11.8 Å². The van der Waals surface area contributed by atoms with Gasteiger partial charge in [0, 0.05) is 31.0 Å². The van der Waals surface area contributed by atoms with E-state index in [4.69, 9.17) is 0 Å². The van der Waals surface area contributed by atoms with Crippen molar-refractivity contribution < 1.29 is 14.7 Å². The molecule has 5 heteroatoms. The summed E-state index contributed by atoms with van der Waals surface area (Å²) < 4.78 is 0. The summed E-state index contributed by atoms with van der Waals surface area (Å²) >= 11 is 0. The van der Waals surface area contributed by atoms with Crippen LogP contribution in [0.25, 0.3) is 0 Å².